The number of rotatable bonds is 5. The van der Waals surface area contributed by atoms with Gasteiger partial charge in [-0.2, -0.15) is 0 Å². The van der Waals surface area contributed by atoms with Crippen LogP contribution in [0, 0.1) is 0 Å². The summed E-state index contributed by atoms with van der Waals surface area (Å²) in [5, 5.41) is 0. The highest BCUT2D eigenvalue weighted by Crippen LogP contribution is 2.36. The van der Waals surface area contributed by atoms with Crippen LogP contribution < -0.4 is 0 Å². The smallest absolute Gasteiger partial charge is 0.289 e. The molecule has 0 saturated carbocycles. The fourth-order valence-corrected chi connectivity index (χ4v) is 5.94. The minimum atomic E-state index is -4.16. The zero-order valence-electron chi connectivity index (χ0n) is 19.4. The molecule has 3 heterocycles. The van der Waals surface area contributed by atoms with E-state index in [1.54, 1.807) is 29.2 Å². The van der Waals surface area contributed by atoms with Crippen molar-refractivity contribution in [1.82, 2.24) is 14.1 Å². The number of hydrogen-bond donors (Lipinski definition) is 0. The van der Waals surface area contributed by atoms with E-state index >= 15 is 0 Å². The lowest BCUT2D eigenvalue weighted by atomic mass is 10.0. The van der Waals surface area contributed by atoms with Crippen molar-refractivity contribution in [2.45, 2.75) is 26.7 Å². The third kappa shape index (κ3) is 4.25. The molecule has 2 aliphatic heterocycles. The Morgan fingerprint density at radius 3 is 2.18 bits per heavy atom. The van der Waals surface area contributed by atoms with Crippen LogP contribution in [-0.2, 0) is 19.6 Å². The summed E-state index contributed by atoms with van der Waals surface area (Å²) in [6.07, 6.45) is 1.42. The fourth-order valence-electron chi connectivity index (χ4n) is 4.18. The molecule has 0 atom stereocenters. The van der Waals surface area contributed by atoms with Gasteiger partial charge >= 0.3 is 0 Å². The van der Waals surface area contributed by atoms with Gasteiger partial charge in [0.25, 0.3) is 21.8 Å². The summed E-state index contributed by atoms with van der Waals surface area (Å²) in [7, 11) is -4.16. The van der Waals surface area contributed by atoms with Gasteiger partial charge in [-0.15, -0.1) is 0 Å². The first-order valence-corrected chi connectivity index (χ1v) is 12.5. The van der Waals surface area contributed by atoms with Crippen LogP contribution in [-0.4, -0.2) is 73.0 Å². The number of hydrogen-bond acceptors (Lipinski definition) is 6. The first kappa shape index (κ1) is 23.7. The first-order chi connectivity index (χ1) is 16.1. The predicted molar refractivity (Wildman–Crippen MR) is 125 cm³/mol. The molecule has 1 aromatic carbocycles. The Labute approximate surface area is 198 Å². The molecule has 0 aliphatic carbocycles. The molecular formula is C24H27N3O6S. The molecule has 1 saturated heterocycles. The normalized spacial score (nSPS) is 18.2. The van der Waals surface area contributed by atoms with Gasteiger partial charge in [0, 0.05) is 31.8 Å². The summed E-state index contributed by atoms with van der Waals surface area (Å²) in [5.41, 5.74) is 1.58. The predicted octanol–water partition coefficient (Wildman–Crippen LogP) is 2.29. The standard InChI is InChI=1S/C24H27N3O6S/c1-16(2)18-6-8-19(9-7-18)22-17(3)23(29)27(34(22,31)32)15-21(28)25-10-12-26(13-11-25)24(30)20-5-4-14-33-20/h4-9,14,16H,10-13,15H2,1-3H3. The summed E-state index contributed by atoms with van der Waals surface area (Å²) in [6, 6.07) is 10.3. The fraction of sp³-hybridized carbons (Fsp3) is 0.375. The van der Waals surface area contributed by atoms with Gasteiger partial charge in [-0.1, -0.05) is 38.1 Å². The lowest BCUT2D eigenvalue weighted by molar-refractivity contribution is -0.136. The molecule has 4 rings (SSSR count). The van der Waals surface area contributed by atoms with Crippen molar-refractivity contribution in [3.63, 3.8) is 0 Å². The largest absolute Gasteiger partial charge is 0.459 e. The number of amides is 3. The van der Waals surface area contributed by atoms with Crippen molar-refractivity contribution >= 4 is 32.6 Å². The van der Waals surface area contributed by atoms with Crippen LogP contribution in [0.5, 0.6) is 0 Å². The van der Waals surface area contributed by atoms with Crippen LogP contribution in [0.1, 0.15) is 48.4 Å². The van der Waals surface area contributed by atoms with E-state index < -0.39 is 28.4 Å². The number of piperazine rings is 1. The summed E-state index contributed by atoms with van der Waals surface area (Å²) < 4.78 is 32.3. The zero-order valence-corrected chi connectivity index (χ0v) is 20.2. The van der Waals surface area contributed by atoms with E-state index in [0.717, 1.165) is 5.56 Å². The minimum Gasteiger partial charge on any atom is -0.459 e. The molecule has 0 unspecified atom stereocenters. The maximum Gasteiger partial charge on any atom is 0.289 e. The van der Waals surface area contributed by atoms with Crippen LogP contribution in [0.2, 0.25) is 0 Å². The first-order valence-electron chi connectivity index (χ1n) is 11.1. The van der Waals surface area contributed by atoms with Gasteiger partial charge in [0.1, 0.15) is 11.4 Å². The Bertz CT molecular complexity index is 1240. The zero-order chi connectivity index (χ0) is 24.6. The molecule has 180 valence electrons. The van der Waals surface area contributed by atoms with Gasteiger partial charge in [-0.05, 0) is 36.1 Å². The molecule has 1 fully saturated rings. The van der Waals surface area contributed by atoms with Gasteiger partial charge in [0.2, 0.25) is 5.91 Å². The molecule has 3 amide bonds. The van der Waals surface area contributed by atoms with Crippen LogP contribution in [0.15, 0.2) is 52.7 Å². The van der Waals surface area contributed by atoms with Gasteiger partial charge in [0.05, 0.1) is 6.26 Å². The SMILES string of the molecule is CC1=C(c2ccc(C(C)C)cc2)S(=O)(=O)N(CC(=O)N2CCN(C(=O)c3ccco3)CC2)C1=O. The summed E-state index contributed by atoms with van der Waals surface area (Å²) in [6.45, 7) is 6.03. The van der Waals surface area contributed by atoms with Crippen molar-refractivity contribution in [3.8, 4) is 0 Å². The second-order valence-electron chi connectivity index (χ2n) is 8.70. The highest BCUT2D eigenvalue weighted by atomic mass is 32.2. The lowest BCUT2D eigenvalue weighted by Crippen LogP contribution is -2.53. The maximum absolute atomic E-state index is 13.2. The number of carbonyl (C=O) groups is 3. The number of benzene rings is 1. The van der Waals surface area contributed by atoms with Crippen molar-refractivity contribution in [3.05, 3.63) is 65.1 Å². The van der Waals surface area contributed by atoms with Gasteiger partial charge < -0.3 is 14.2 Å². The van der Waals surface area contributed by atoms with Crippen molar-refractivity contribution in [1.29, 1.82) is 0 Å². The molecular weight excluding hydrogens is 458 g/mol. The van der Waals surface area contributed by atoms with Gasteiger partial charge in [-0.3, -0.25) is 14.4 Å². The van der Waals surface area contributed by atoms with Crippen molar-refractivity contribution in [2.24, 2.45) is 0 Å². The van der Waals surface area contributed by atoms with Crippen molar-refractivity contribution in [2.75, 3.05) is 32.7 Å². The van der Waals surface area contributed by atoms with Crippen LogP contribution in [0.4, 0.5) is 0 Å². The Morgan fingerprint density at radius 2 is 1.62 bits per heavy atom. The van der Waals surface area contributed by atoms with E-state index in [1.165, 1.54) is 18.1 Å². The molecule has 1 aromatic heterocycles. The van der Waals surface area contributed by atoms with E-state index in [0.29, 0.717) is 9.87 Å². The molecule has 0 bridgehead atoms. The second kappa shape index (κ2) is 9.09. The molecule has 0 N–H and O–H groups in total. The van der Waals surface area contributed by atoms with E-state index in [2.05, 4.69) is 0 Å². The topological polar surface area (TPSA) is 108 Å². The highest BCUT2D eigenvalue weighted by Gasteiger charge is 2.44. The van der Waals surface area contributed by atoms with E-state index in [-0.39, 0.29) is 54.2 Å². The van der Waals surface area contributed by atoms with Crippen LogP contribution in [0.25, 0.3) is 4.91 Å². The molecule has 0 spiro atoms. The molecule has 34 heavy (non-hydrogen) atoms. The molecule has 2 aliphatic rings. The summed E-state index contributed by atoms with van der Waals surface area (Å²) in [4.78, 5) is 41.1. The Hall–Kier alpha value is -3.40. The molecule has 2 aromatic rings. The highest BCUT2D eigenvalue weighted by molar-refractivity contribution is 7.99. The molecule has 10 heteroatoms. The van der Waals surface area contributed by atoms with Gasteiger partial charge in [-0.25, -0.2) is 12.7 Å². The average Bonchev–Trinajstić information content (AvgIpc) is 3.41. The maximum atomic E-state index is 13.2. The number of furan rings is 1. The lowest BCUT2D eigenvalue weighted by Gasteiger charge is -2.35. The van der Waals surface area contributed by atoms with E-state index in [1.807, 2.05) is 26.0 Å². The van der Waals surface area contributed by atoms with Crippen LogP contribution >= 0.6 is 0 Å². The summed E-state index contributed by atoms with van der Waals surface area (Å²) in [5.74, 6) is -0.921. The molecule has 9 nitrogen and oxygen atoms in total. The van der Waals surface area contributed by atoms with E-state index in [4.69, 9.17) is 4.42 Å². The Morgan fingerprint density at radius 1 is 1.00 bits per heavy atom. The van der Waals surface area contributed by atoms with Crippen molar-refractivity contribution < 1.29 is 27.2 Å². The third-order valence-electron chi connectivity index (χ3n) is 6.21. The third-order valence-corrected chi connectivity index (χ3v) is 8.14. The number of nitrogens with zero attached hydrogens (tertiary/aromatic N) is 3. The molecule has 0 radical (unpaired) electrons. The Balaban J connectivity index is 1.44. The Kier molecular flexibility index (Phi) is 6.35. The quantitative estimate of drug-likeness (QED) is 0.643. The monoisotopic (exact) mass is 485 g/mol. The van der Waals surface area contributed by atoms with Crippen LogP contribution in [0.3, 0.4) is 0 Å². The number of sulfonamides is 1. The minimum absolute atomic E-state index is 0.0607. The van der Waals surface area contributed by atoms with E-state index in [9.17, 15) is 22.8 Å². The summed E-state index contributed by atoms with van der Waals surface area (Å²) >= 11 is 0. The second-order valence-corrected chi connectivity index (χ2v) is 10.5. The average molecular weight is 486 g/mol. The van der Waals surface area contributed by atoms with Gasteiger partial charge in [0.15, 0.2) is 5.76 Å². The number of carbonyl (C=O) groups excluding carboxylic acids is 3.